The molecule has 0 bridgehead atoms. The molecule has 0 aliphatic heterocycles. The summed E-state index contributed by atoms with van der Waals surface area (Å²) in [7, 11) is 0. The minimum atomic E-state index is -0.801. The highest BCUT2D eigenvalue weighted by Gasteiger charge is 2.18. The van der Waals surface area contributed by atoms with Gasteiger partial charge in [0.2, 0.25) is 0 Å². The number of carboxylic acids is 1. The second-order valence-corrected chi connectivity index (χ2v) is 4.45. The van der Waals surface area contributed by atoms with Crippen molar-refractivity contribution in [2.45, 2.75) is 37.5 Å². The Labute approximate surface area is 93.1 Å². The summed E-state index contributed by atoms with van der Waals surface area (Å²) in [6, 6.07) is 0. The van der Waals surface area contributed by atoms with Crippen LogP contribution in [-0.2, 0) is 4.79 Å². The Hall–Kier alpha value is -1.10. The molecule has 15 heavy (non-hydrogen) atoms. The molecule has 0 aromatic carbocycles. The number of carboxylic acid groups (broad SMARTS) is 1. The lowest BCUT2D eigenvalue weighted by molar-refractivity contribution is -0.136. The first-order chi connectivity index (χ1) is 7.04. The highest BCUT2D eigenvalue weighted by atomic mass is 32.2. The zero-order valence-corrected chi connectivity index (χ0v) is 9.84. The number of aryl methyl sites for hydroxylation is 2. The van der Waals surface area contributed by atoms with Gasteiger partial charge in [-0.05, 0) is 20.3 Å². The van der Waals surface area contributed by atoms with E-state index in [2.05, 4.69) is 9.97 Å². The number of aliphatic carboxylic acids is 1. The second kappa shape index (κ2) is 5.11. The van der Waals surface area contributed by atoms with E-state index in [4.69, 9.17) is 5.11 Å². The number of hydrogen-bond donors (Lipinski definition) is 1. The maximum absolute atomic E-state index is 10.9. The molecule has 1 aromatic heterocycles. The van der Waals surface area contributed by atoms with Crippen LogP contribution in [0.4, 0.5) is 0 Å². The van der Waals surface area contributed by atoms with E-state index in [0.29, 0.717) is 11.4 Å². The van der Waals surface area contributed by atoms with Crippen molar-refractivity contribution in [2.24, 2.45) is 0 Å². The molecule has 1 aromatic rings. The molecule has 0 radical (unpaired) electrons. The standard InChI is InChI=1S/C10H14N2O2S/c1-4-8(10(13)14)15-9-7(3)11-5-6(2)12-9/h5,8H,4H2,1-3H3,(H,13,14). The van der Waals surface area contributed by atoms with Gasteiger partial charge in [-0.15, -0.1) is 0 Å². The van der Waals surface area contributed by atoms with E-state index in [9.17, 15) is 4.79 Å². The van der Waals surface area contributed by atoms with Crippen LogP contribution < -0.4 is 0 Å². The van der Waals surface area contributed by atoms with E-state index in [-0.39, 0.29) is 0 Å². The van der Waals surface area contributed by atoms with Crippen LogP contribution in [0.3, 0.4) is 0 Å². The van der Waals surface area contributed by atoms with Gasteiger partial charge in [-0.1, -0.05) is 18.7 Å². The predicted octanol–water partition coefficient (Wildman–Crippen LogP) is 2.05. The van der Waals surface area contributed by atoms with E-state index < -0.39 is 11.2 Å². The summed E-state index contributed by atoms with van der Waals surface area (Å²) in [5.74, 6) is -0.801. The molecule has 0 amide bonds. The first-order valence-electron chi connectivity index (χ1n) is 4.74. The topological polar surface area (TPSA) is 63.1 Å². The summed E-state index contributed by atoms with van der Waals surface area (Å²) in [5, 5.41) is 9.19. The third-order valence-corrected chi connectivity index (χ3v) is 3.36. The van der Waals surface area contributed by atoms with Gasteiger partial charge >= 0.3 is 5.97 Å². The number of thioether (sulfide) groups is 1. The van der Waals surface area contributed by atoms with Gasteiger partial charge in [0, 0.05) is 6.20 Å². The molecule has 1 N–H and O–H groups in total. The Morgan fingerprint density at radius 2 is 2.27 bits per heavy atom. The van der Waals surface area contributed by atoms with Gasteiger partial charge in [-0.25, -0.2) is 4.98 Å². The Morgan fingerprint density at radius 1 is 1.60 bits per heavy atom. The molecule has 82 valence electrons. The molecule has 4 nitrogen and oxygen atoms in total. The minimum absolute atomic E-state index is 0.445. The summed E-state index contributed by atoms with van der Waals surface area (Å²) in [4.78, 5) is 19.3. The highest BCUT2D eigenvalue weighted by Crippen LogP contribution is 2.25. The van der Waals surface area contributed by atoms with Crippen molar-refractivity contribution < 1.29 is 9.90 Å². The third kappa shape index (κ3) is 3.20. The molecule has 1 atom stereocenters. The van der Waals surface area contributed by atoms with Crippen LogP contribution in [-0.4, -0.2) is 26.3 Å². The second-order valence-electron chi connectivity index (χ2n) is 3.25. The van der Waals surface area contributed by atoms with Gasteiger partial charge in [0.05, 0.1) is 11.4 Å². The summed E-state index contributed by atoms with van der Waals surface area (Å²) in [6.45, 7) is 5.53. The molecule has 0 aliphatic carbocycles. The zero-order valence-electron chi connectivity index (χ0n) is 9.02. The summed E-state index contributed by atoms with van der Waals surface area (Å²) in [5.41, 5.74) is 1.59. The van der Waals surface area contributed by atoms with Gasteiger partial charge in [0.1, 0.15) is 10.3 Å². The fourth-order valence-electron chi connectivity index (χ4n) is 1.07. The van der Waals surface area contributed by atoms with E-state index in [1.54, 1.807) is 6.20 Å². The van der Waals surface area contributed by atoms with Crippen LogP contribution in [0.1, 0.15) is 24.7 Å². The fourth-order valence-corrected chi connectivity index (χ4v) is 2.03. The molecular weight excluding hydrogens is 212 g/mol. The average Bonchev–Trinajstić information content (AvgIpc) is 2.18. The Bertz CT molecular complexity index is 368. The van der Waals surface area contributed by atoms with Crippen LogP contribution >= 0.6 is 11.8 Å². The molecule has 1 rings (SSSR count). The predicted molar refractivity (Wildman–Crippen MR) is 59.1 cm³/mol. The fraction of sp³-hybridized carbons (Fsp3) is 0.500. The van der Waals surface area contributed by atoms with Crippen molar-refractivity contribution >= 4 is 17.7 Å². The minimum Gasteiger partial charge on any atom is -0.480 e. The third-order valence-electron chi connectivity index (χ3n) is 1.93. The van der Waals surface area contributed by atoms with Crippen molar-refractivity contribution in [1.29, 1.82) is 0 Å². The molecule has 1 unspecified atom stereocenters. The number of carbonyl (C=O) groups is 1. The van der Waals surface area contributed by atoms with Crippen molar-refractivity contribution in [3.05, 3.63) is 17.6 Å². The lowest BCUT2D eigenvalue weighted by Gasteiger charge is -2.10. The van der Waals surface area contributed by atoms with Crippen molar-refractivity contribution in [3.8, 4) is 0 Å². The molecule has 5 heteroatoms. The summed E-state index contributed by atoms with van der Waals surface area (Å²) < 4.78 is 0. The molecule has 0 spiro atoms. The number of nitrogens with zero attached hydrogens (tertiary/aromatic N) is 2. The van der Waals surface area contributed by atoms with Gasteiger partial charge in [-0.3, -0.25) is 9.78 Å². The van der Waals surface area contributed by atoms with Crippen molar-refractivity contribution in [1.82, 2.24) is 9.97 Å². The molecule has 0 aliphatic rings. The maximum Gasteiger partial charge on any atom is 0.317 e. The van der Waals surface area contributed by atoms with Crippen LogP contribution in [0.2, 0.25) is 0 Å². The monoisotopic (exact) mass is 226 g/mol. The quantitative estimate of drug-likeness (QED) is 0.796. The Balaban J connectivity index is 2.87. The van der Waals surface area contributed by atoms with Gasteiger partial charge in [-0.2, -0.15) is 0 Å². The van der Waals surface area contributed by atoms with Gasteiger partial charge in [0.15, 0.2) is 0 Å². The Kier molecular flexibility index (Phi) is 4.08. The smallest absolute Gasteiger partial charge is 0.317 e. The van der Waals surface area contributed by atoms with E-state index >= 15 is 0 Å². The van der Waals surface area contributed by atoms with E-state index in [1.807, 2.05) is 20.8 Å². The van der Waals surface area contributed by atoms with Gasteiger partial charge < -0.3 is 5.11 Å². The van der Waals surface area contributed by atoms with Crippen LogP contribution in [0, 0.1) is 13.8 Å². The Morgan fingerprint density at radius 3 is 2.80 bits per heavy atom. The molecule has 0 fully saturated rings. The average molecular weight is 226 g/mol. The molecule has 0 saturated carbocycles. The van der Waals surface area contributed by atoms with Crippen molar-refractivity contribution in [2.75, 3.05) is 0 Å². The number of aromatic nitrogens is 2. The normalized spacial score (nSPS) is 12.5. The first-order valence-corrected chi connectivity index (χ1v) is 5.62. The van der Waals surface area contributed by atoms with Crippen LogP contribution in [0.5, 0.6) is 0 Å². The largest absolute Gasteiger partial charge is 0.480 e. The van der Waals surface area contributed by atoms with Gasteiger partial charge in [0.25, 0.3) is 0 Å². The van der Waals surface area contributed by atoms with Crippen LogP contribution in [0.15, 0.2) is 11.2 Å². The zero-order chi connectivity index (χ0) is 11.4. The lowest BCUT2D eigenvalue weighted by atomic mass is 10.3. The lowest BCUT2D eigenvalue weighted by Crippen LogP contribution is -2.15. The van der Waals surface area contributed by atoms with E-state index in [0.717, 1.165) is 11.4 Å². The first kappa shape index (κ1) is 12.0. The molecule has 1 heterocycles. The SMILES string of the molecule is CCC(Sc1nc(C)cnc1C)C(=O)O. The van der Waals surface area contributed by atoms with E-state index in [1.165, 1.54) is 11.8 Å². The van der Waals surface area contributed by atoms with Crippen LogP contribution in [0.25, 0.3) is 0 Å². The number of hydrogen-bond acceptors (Lipinski definition) is 4. The summed E-state index contributed by atoms with van der Waals surface area (Å²) >= 11 is 1.26. The number of rotatable bonds is 4. The summed E-state index contributed by atoms with van der Waals surface area (Å²) in [6.07, 6.45) is 2.26. The molecular formula is C10H14N2O2S. The molecule has 0 saturated heterocycles. The maximum atomic E-state index is 10.9. The van der Waals surface area contributed by atoms with Crippen molar-refractivity contribution in [3.63, 3.8) is 0 Å². The highest BCUT2D eigenvalue weighted by molar-refractivity contribution is 8.00.